The van der Waals surface area contributed by atoms with Crippen LogP contribution in [0.3, 0.4) is 0 Å². The Morgan fingerprint density at radius 1 is 1.11 bits per heavy atom. The molecular formula is C18H19ClN2O5S. The monoisotopic (exact) mass is 410 g/mol. The summed E-state index contributed by atoms with van der Waals surface area (Å²) in [6.45, 7) is 3.20. The Kier molecular flexibility index (Phi) is 6.59. The SMILES string of the molecule is CNS(=O)(=O)c1ccc(Cl)c(C(=O)OCC(=O)Nc2cc(C)ccc2C)c1. The van der Waals surface area contributed by atoms with Gasteiger partial charge in [0, 0.05) is 5.69 Å². The number of carbonyl (C=O) groups is 2. The summed E-state index contributed by atoms with van der Waals surface area (Å²) < 4.78 is 30.8. The molecule has 144 valence electrons. The first-order valence-electron chi connectivity index (χ1n) is 7.91. The van der Waals surface area contributed by atoms with Gasteiger partial charge >= 0.3 is 5.97 Å². The van der Waals surface area contributed by atoms with Crippen LogP contribution in [0.15, 0.2) is 41.3 Å². The van der Waals surface area contributed by atoms with Gasteiger partial charge in [-0.25, -0.2) is 17.9 Å². The number of nitrogens with one attached hydrogen (secondary N) is 2. The second-order valence-electron chi connectivity index (χ2n) is 5.79. The van der Waals surface area contributed by atoms with Gasteiger partial charge in [0.15, 0.2) is 6.61 Å². The van der Waals surface area contributed by atoms with E-state index in [9.17, 15) is 18.0 Å². The number of hydrogen-bond acceptors (Lipinski definition) is 5. The van der Waals surface area contributed by atoms with Crippen LogP contribution < -0.4 is 10.0 Å². The summed E-state index contributed by atoms with van der Waals surface area (Å²) in [5.41, 5.74) is 2.32. The van der Waals surface area contributed by atoms with Gasteiger partial charge in [-0.1, -0.05) is 23.7 Å². The highest BCUT2D eigenvalue weighted by Crippen LogP contribution is 2.21. The molecule has 9 heteroatoms. The Labute approximate surface area is 162 Å². The minimum atomic E-state index is -3.75. The molecule has 0 atom stereocenters. The van der Waals surface area contributed by atoms with Gasteiger partial charge in [-0.3, -0.25) is 4.79 Å². The fourth-order valence-electron chi connectivity index (χ4n) is 2.21. The molecule has 0 saturated carbocycles. The van der Waals surface area contributed by atoms with Crippen LogP contribution >= 0.6 is 11.6 Å². The first-order chi connectivity index (χ1) is 12.6. The number of sulfonamides is 1. The first kappa shape index (κ1) is 20.9. The van der Waals surface area contributed by atoms with Gasteiger partial charge in [0.1, 0.15) is 0 Å². The van der Waals surface area contributed by atoms with Crippen molar-refractivity contribution in [1.29, 1.82) is 0 Å². The lowest BCUT2D eigenvalue weighted by Crippen LogP contribution is -2.22. The quantitative estimate of drug-likeness (QED) is 0.713. The zero-order chi connectivity index (χ0) is 20.2. The molecule has 2 aromatic rings. The Morgan fingerprint density at radius 3 is 2.48 bits per heavy atom. The van der Waals surface area contributed by atoms with Gasteiger partial charge in [0.2, 0.25) is 10.0 Å². The van der Waals surface area contributed by atoms with Crippen molar-refractivity contribution in [2.45, 2.75) is 18.7 Å². The third kappa shape index (κ3) is 5.29. The van der Waals surface area contributed by atoms with E-state index in [4.69, 9.17) is 16.3 Å². The molecule has 0 aliphatic rings. The molecular weight excluding hydrogens is 392 g/mol. The van der Waals surface area contributed by atoms with E-state index in [1.807, 2.05) is 26.0 Å². The summed E-state index contributed by atoms with van der Waals surface area (Å²) in [6, 6.07) is 9.22. The van der Waals surface area contributed by atoms with E-state index in [1.165, 1.54) is 19.2 Å². The van der Waals surface area contributed by atoms with Crippen molar-refractivity contribution >= 4 is 39.2 Å². The topological polar surface area (TPSA) is 102 Å². The molecule has 2 N–H and O–H groups in total. The standard InChI is InChI=1S/C18H19ClN2O5S/c1-11-4-5-12(2)16(8-11)21-17(22)10-26-18(23)14-9-13(6-7-15(14)19)27(24,25)20-3/h4-9,20H,10H2,1-3H3,(H,21,22). The highest BCUT2D eigenvalue weighted by Gasteiger charge is 2.19. The maximum absolute atomic E-state index is 12.2. The van der Waals surface area contributed by atoms with E-state index < -0.39 is 28.5 Å². The van der Waals surface area contributed by atoms with Crippen molar-refractivity contribution < 1.29 is 22.7 Å². The van der Waals surface area contributed by atoms with Crippen molar-refractivity contribution in [1.82, 2.24) is 4.72 Å². The molecule has 0 unspecified atom stereocenters. The number of halogens is 1. The van der Waals surface area contributed by atoms with Crippen molar-refractivity contribution in [2.75, 3.05) is 19.0 Å². The maximum Gasteiger partial charge on any atom is 0.340 e. The summed E-state index contributed by atoms with van der Waals surface area (Å²) in [4.78, 5) is 24.1. The highest BCUT2D eigenvalue weighted by atomic mass is 35.5. The lowest BCUT2D eigenvalue weighted by atomic mass is 10.1. The second-order valence-corrected chi connectivity index (χ2v) is 8.09. The van der Waals surface area contributed by atoms with Gasteiger partial charge in [0.05, 0.1) is 15.5 Å². The second kappa shape index (κ2) is 8.51. The number of aryl methyl sites for hydroxylation is 2. The molecule has 7 nitrogen and oxygen atoms in total. The number of rotatable bonds is 6. The van der Waals surface area contributed by atoms with Crippen molar-refractivity contribution in [3.05, 3.63) is 58.1 Å². The predicted molar refractivity (Wildman–Crippen MR) is 103 cm³/mol. The normalized spacial score (nSPS) is 11.1. The Bertz CT molecular complexity index is 989. The number of carbonyl (C=O) groups excluding carboxylic acids is 2. The molecule has 2 rings (SSSR count). The molecule has 0 heterocycles. The minimum Gasteiger partial charge on any atom is -0.452 e. The highest BCUT2D eigenvalue weighted by molar-refractivity contribution is 7.89. The Hall–Kier alpha value is -2.42. The molecule has 2 aromatic carbocycles. The molecule has 0 bridgehead atoms. The summed E-state index contributed by atoms with van der Waals surface area (Å²) in [5, 5.41) is 2.68. The van der Waals surface area contributed by atoms with Crippen LogP contribution in [0.4, 0.5) is 5.69 Å². The van der Waals surface area contributed by atoms with Crippen molar-refractivity contribution in [3.63, 3.8) is 0 Å². The number of amides is 1. The van der Waals surface area contributed by atoms with Crippen LogP contribution in [-0.4, -0.2) is 33.9 Å². The average molecular weight is 411 g/mol. The molecule has 1 amide bonds. The fraction of sp³-hybridized carbons (Fsp3) is 0.222. The first-order valence-corrected chi connectivity index (χ1v) is 9.77. The number of hydrogen-bond donors (Lipinski definition) is 2. The molecule has 0 aliphatic carbocycles. The Morgan fingerprint density at radius 2 is 1.81 bits per heavy atom. The molecule has 0 saturated heterocycles. The van der Waals surface area contributed by atoms with E-state index in [1.54, 1.807) is 6.07 Å². The molecule has 0 radical (unpaired) electrons. The van der Waals surface area contributed by atoms with Crippen LogP contribution in [0, 0.1) is 13.8 Å². The van der Waals surface area contributed by atoms with E-state index in [-0.39, 0.29) is 15.5 Å². The van der Waals surface area contributed by atoms with E-state index >= 15 is 0 Å². The maximum atomic E-state index is 12.2. The van der Waals surface area contributed by atoms with E-state index in [2.05, 4.69) is 10.0 Å². The van der Waals surface area contributed by atoms with Gasteiger partial charge in [-0.15, -0.1) is 0 Å². The summed E-state index contributed by atoms with van der Waals surface area (Å²) in [6.07, 6.45) is 0. The predicted octanol–water partition coefficient (Wildman–Crippen LogP) is 2.66. The van der Waals surface area contributed by atoms with Gasteiger partial charge in [-0.05, 0) is 56.3 Å². The smallest absolute Gasteiger partial charge is 0.340 e. The lowest BCUT2D eigenvalue weighted by molar-refractivity contribution is -0.119. The lowest BCUT2D eigenvalue weighted by Gasteiger charge is -2.11. The van der Waals surface area contributed by atoms with Crippen LogP contribution in [0.25, 0.3) is 0 Å². The fourth-order valence-corrected chi connectivity index (χ4v) is 3.16. The molecule has 0 aliphatic heterocycles. The summed E-state index contributed by atoms with van der Waals surface area (Å²) >= 11 is 5.95. The minimum absolute atomic E-state index is 0.0185. The molecule has 0 fully saturated rings. The van der Waals surface area contributed by atoms with Crippen LogP contribution in [0.2, 0.25) is 5.02 Å². The van der Waals surface area contributed by atoms with Crippen molar-refractivity contribution in [2.24, 2.45) is 0 Å². The molecule has 0 spiro atoms. The summed E-state index contributed by atoms with van der Waals surface area (Å²) in [5.74, 6) is -1.42. The Balaban J connectivity index is 2.08. The zero-order valence-electron chi connectivity index (χ0n) is 15.0. The largest absolute Gasteiger partial charge is 0.452 e. The van der Waals surface area contributed by atoms with Gasteiger partial charge in [-0.2, -0.15) is 0 Å². The van der Waals surface area contributed by atoms with Gasteiger partial charge in [0.25, 0.3) is 5.91 Å². The van der Waals surface area contributed by atoms with E-state index in [0.717, 1.165) is 17.2 Å². The third-order valence-electron chi connectivity index (χ3n) is 3.74. The molecule has 27 heavy (non-hydrogen) atoms. The third-order valence-corrected chi connectivity index (χ3v) is 5.48. The van der Waals surface area contributed by atoms with Crippen LogP contribution in [-0.2, 0) is 19.6 Å². The van der Waals surface area contributed by atoms with Crippen LogP contribution in [0.1, 0.15) is 21.5 Å². The zero-order valence-corrected chi connectivity index (χ0v) is 16.6. The number of anilines is 1. The van der Waals surface area contributed by atoms with Gasteiger partial charge < -0.3 is 10.1 Å². The number of ether oxygens (including phenoxy) is 1. The van der Waals surface area contributed by atoms with E-state index in [0.29, 0.717) is 5.69 Å². The summed E-state index contributed by atoms with van der Waals surface area (Å²) in [7, 11) is -2.50. The number of esters is 1. The average Bonchev–Trinajstić information content (AvgIpc) is 2.63. The number of benzene rings is 2. The molecule has 0 aromatic heterocycles. The van der Waals surface area contributed by atoms with Crippen LogP contribution in [0.5, 0.6) is 0 Å². The van der Waals surface area contributed by atoms with Crippen molar-refractivity contribution in [3.8, 4) is 0 Å².